The zero-order valence-electron chi connectivity index (χ0n) is 8.35. The first kappa shape index (κ1) is 11.9. The van der Waals surface area contributed by atoms with Gasteiger partial charge < -0.3 is 5.11 Å². The molecule has 0 saturated heterocycles. The molecule has 1 rings (SSSR count). The molecule has 3 heteroatoms. The van der Waals surface area contributed by atoms with E-state index in [0.717, 1.165) is 17.3 Å². The molecule has 78 valence electrons. The van der Waals surface area contributed by atoms with Gasteiger partial charge in [-0.3, -0.25) is 0 Å². The minimum atomic E-state index is 0.127. The van der Waals surface area contributed by atoms with E-state index in [0.29, 0.717) is 10.8 Å². The van der Waals surface area contributed by atoms with E-state index in [4.69, 9.17) is 11.6 Å². The van der Waals surface area contributed by atoms with Crippen LogP contribution in [0.3, 0.4) is 0 Å². The predicted octanol–water partition coefficient (Wildman–Crippen LogP) is 4.01. The van der Waals surface area contributed by atoms with Crippen LogP contribution < -0.4 is 0 Å². The zero-order valence-corrected chi connectivity index (χ0v) is 10.7. The highest BCUT2D eigenvalue weighted by Crippen LogP contribution is 2.30. The molecule has 0 amide bonds. The van der Waals surface area contributed by atoms with E-state index in [2.05, 4.69) is 29.8 Å². The average molecular weight is 278 g/mol. The maximum Gasteiger partial charge on any atom is 0.118 e. The topological polar surface area (TPSA) is 20.2 Å². The number of aromatic hydroxyl groups is 1. The summed E-state index contributed by atoms with van der Waals surface area (Å²) in [6, 6.07) is 5.16. The fourth-order valence-corrected chi connectivity index (χ4v) is 1.65. The highest BCUT2D eigenvalue weighted by molar-refractivity contribution is 9.09. The van der Waals surface area contributed by atoms with Crippen LogP contribution in [-0.2, 0) is 6.42 Å². The molecule has 0 spiro atoms. The lowest BCUT2D eigenvalue weighted by molar-refractivity contribution is 0.405. The third-order valence-corrected chi connectivity index (χ3v) is 3.83. The van der Waals surface area contributed by atoms with Crippen LogP contribution in [-0.4, -0.2) is 10.4 Å². The quantitative estimate of drug-likeness (QED) is 0.828. The SMILES string of the molecule is CC(C)(CBr)Cc1cc(Cl)ccc1O. The molecule has 0 radical (unpaired) electrons. The van der Waals surface area contributed by atoms with E-state index in [1.165, 1.54) is 0 Å². The first-order chi connectivity index (χ1) is 6.44. The van der Waals surface area contributed by atoms with E-state index in [1.807, 2.05) is 6.07 Å². The summed E-state index contributed by atoms with van der Waals surface area (Å²) in [5, 5.41) is 11.2. The Labute approximate surface area is 98.2 Å². The van der Waals surface area contributed by atoms with Gasteiger partial charge in [0, 0.05) is 10.4 Å². The van der Waals surface area contributed by atoms with Crippen molar-refractivity contribution in [2.24, 2.45) is 5.41 Å². The molecule has 0 unspecified atom stereocenters. The molecular weight excluding hydrogens is 263 g/mol. The van der Waals surface area contributed by atoms with Gasteiger partial charge >= 0.3 is 0 Å². The number of rotatable bonds is 3. The van der Waals surface area contributed by atoms with Crippen LogP contribution in [0, 0.1) is 5.41 Å². The van der Waals surface area contributed by atoms with Crippen molar-refractivity contribution in [1.29, 1.82) is 0 Å². The molecule has 0 aliphatic carbocycles. The third kappa shape index (κ3) is 3.18. The summed E-state index contributed by atoms with van der Waals surface area (Å²) in [5.74, 6) is 0.323. The monoisotopic (exact) mass is 276 g/mol. The van der Waals surface area contributed by atoms with E-state index in [1.54, 1.807) is 12.1 Å². The van der Waals surface area contributed by atoms with E-state index < -0.39 is 0 Å². The molecule has 1 N–H and O–H groups in total. The number of phenolic OH excluding ortho intramolecular Hbond substituents is 1. The van der Waals surface area contributed by atoms with Crippen molar-refractivity contribution in [1.82, 2.24) is 0 Å². The van der Waals surface area contributed by atoms with Gasteiger partial charge in [0.05, 0.1) is 0 Å². The minimum Gasteiger partial charge on any atom is -0.508 e. The molecule has 1 aromatic rings. The van der Waals surface area contributed by atoms with Gasteiger partial charge in [0.25, 0.3) is 0 Å². The lowest BCUT2D eigenvalue weighted by Crippen LogP contribution is -2.16. The molecule has 0 atom stereocenters. The van der Waals surface area contributed by atoms with Crippen molar-refractivity contribution < 1.29 is 5.11 Å². The second kappa shape index (κ2) is 4.54. The summed E-state index contributed by atoms with van der Waals surface area (Å²) >= 11 is 9.32. The summed E-state index contributed by atoms with van der Waals surface area (Å²) in [4.78, 5) is 0. The lowest BCUT2D eigenvalue weighted by atomic mass is 9.88. The van der Waals surface area contributed by atoms with Crippen molar-refractivity contribution in [2.45, 2.75) is 20.3 Å². The number of hydrogen-bond acceptors (Lipinski definition) is 1. The Morgan fingerprint density at radius 3 is 2.64 bits per heavy atom. The van der Waals surface area contributed by atoms with Gasteiger partial charge in [-0.2, -0.15) is 0 Å². The Hall–Kier alpha value is -0.210. The van der Waals surface area contributed by atoms with Crippen LogP contribution in [0.25, 0.3) is 0 Å². The number of alkyl halides is 1. The Kier molecular flexibility index (Phi) is 3.85. The van der Waals surface area contributed by atoms with Crippen LogP contribution >= 0.6 is 27.5 Å². The maximum absolute atomic E-state index is 9.62. The Balaban J connectivity index is 2.91. The Morgan fingerprint density at radius 2 is 2.07 bits per heavy atom. The predicted molar refractivity (Wildman–Crippen MR) is 64.4 cm³/mol. The molecule has 0 aliphatic heterocycles. The summed E-state index contributed by atoms with van der Waals surface area (Å²) < 4.78 is 0. The number of hydrogen-bond donors (Lipinski definition) is 1. The first-order valence-corrected chi connectivity index (χ1v) is 5.98. The molecule has 0 aromatic heterocycles. The third-order valence-electron chi connectivity index (χ3n) is 2.07. The smallest absolute Gasteiger partial charge is 0.118 e. The van der Waals surface area contributed by atoms with Crippen molar-refractivity contribution in [3.8, 4) is 5.75 Å². The molecule has 1 nitrogen and oxygen atoms in total. The highest BCUT2D eigenvalue weighted by atomic mass is 79.9. The number of benzene rings is 1. The molecule has 0 fully saturated rings. The molecule has 0 saturated carbocycles. The van der Waals surface area contributed by atoms with E-state index in [-0.39, 0.29) is 5.41 Å². The van der Waals surface area contributed by atoms with Crippen LogP contribution in [0.15, 0.2) is 18.2 Å². The Bertz CT molecular complexity index is 323. The molecule has 0 bridgehead atoms. The first-order valence-electron chi connectivity index (χ1n) is 4.48. The fourth-order valence-electron chi connectivity index (χ4n) is 1.26. The molecule has 0 aliphatic rings. The van der Waals surface area contributed by atoms with E-state index >= 15 is 0 Å². The lowest BCUT2D eigenvalue weighted by Gasteiger charge is -2.22. The van der Waals surface area contributed by atoms with Crippen molar-refractivity contribution >= 4 is 27.5 Å². The number of phenols is 1. The second-order valence-electron chi connectivity index (χ2n) is 4.25. The van der Waals surface area contributed by atoms with Crippen LogP contribution in [0.5, 0.6) is 5.75 Å². The highest BCUT2D eigenvalue weighted by Gasteiger charge is 2.18. The average Bonchev–Trinajstić information content (AvgIpc) is 2.11. The molecule has 1 aromatic carbocycles. The summed E-state index contributed by atoms with van der Waals surface area (Å²) in [5.41, 5.74) is 1.03. The van der Waals surface area contributed by atoms with Gasteiger partial charge in [0.2, 0.25) is 0 Å². The second-order valence-corrected chi connectivity index (χ2v) is 5.24. The van der Waals surface area contributed by atoms with Crippen molar-refractivity contribution in [3.63, 3.8) is 0 Å². The van der Waals surface area contributed by atoms with Gasteiger partial charge in [0.1, 0.15) is 5.75 Å². The van der Waals surface area contributed by atoms with Gasteiger partial charge in [-0.25, -0.2) is 0 Å². The van der Waals surface area contributed by atoms with E-state index in [9.17, 15) is 5.11 Å². The molecule has 0 heterocycles. The molecule has 14 heavy (non-hydrogen) atoms. The summed E-state index contributed by atoms with van der Waals surface area (Å²) in [6.45, 7) is 4.28. The fraction of sp³-hybridized carbons (Fsp3) is 0.455. The zero-order chi connectivity index (χ0) is 10.8. The van der Waals surface area contributed by atoms with Gasteiger partial charge in [-0.15, -0.1) is 0 Å². The summed E-state index contributed by atoms with van der Waals surface area (Å²) in [6.07, 6.45) is 0.810. The van der Waals surface area contributed by atoms with Crippen molar-refractivity contribution in [3.05, 3.63) is 28.8 Å². The molecular formula is C11H14BrClO. The minimum absolute atomic E-state index is 0.127. The normalized spacial score (nSPS) is 11.7. The van der Waals surface area contributed by atoms with Gasteiger partial charge in [0.15, 0.2) is 0 Å². The van der Waals surface area contributed by atoms with Gasteiger partial charge in [-0.1, -0.05) is 41.4 Å². The standard InChI is InChI=1S/C11H14BrClO/c1-11(2,7-12)6-8-5-9(13)3-4-10(8)14/h3-5,14H,6-7H2,1-2H3. The largest absolute Gasteiger partial charge is 0.508 e. The van der Waals surface area contributed by atoms with Crippen molar-refractivity contribution in [2.75, 3.05) is 5.33 Å². The van der Waals surface area contributed by atoms with Crippen LogP contribution in [0.1, 0.15) is 19.4 Å². The maximum atomic E-state index is 9.62. The Morgan fingerprint density at radius 1 is 1.43 bits per heavy atom. The number of halogens is 2. The van der Waals surface area contributed by atoms with Crippen LogP contribution in [0.2, 0.25) is 5.02 Å². The van der Waals surface area contributed by atoms with Crippen LogP contribution in [0.4, 0.5) is 0 Å². The summed E-state index contributed by atoms with van der Waals surface area (Å²) in [7, 11) is 0. The van der Waals surface area contributed by atoms with Gasteiger partial charge in [-0.05, 0) is 35.6 Å².